The van der Waals surface area contributed by atoms with Crippen LogP contribution in [0, 0.1) is 0 Å². The summed E-state index contributed by atoms with van der Waals surface area (Å²) in [7, 11) is 0. The molecule has 0 heterocycles. The molecule has 25 heavy (non-hydrogen) atoms. The van der Waals surface area contributed by atoms with Crippen molar-refractivity contribution in [2.24, 2.45) is 0 Å². The van der Waals surface area contributed by atoms with Crippen molar-refractivity contribution < 1.29 is 19.8 Å². The fourth-order valence-electron chi connectivity index (χ4n) is 2.32. The Labute approximate surface area is 149 Å². The molecule has 0 aliphatic heterocycles. The lowest BCUT2D eigenvalue weighted by molar-refractivity contribution is -0.144. The molecule has 1 amide bonds. The summed E-state index contributed by atoms with van der Waals surface area (Å²) in [5.74, 6) is -1.80. The second-order valence-electron chi connectivity index (χ2n) is 5.94. The second kappa shape index (κ2) is 12.0. The van der Waals surface area contributed by atoms with Crippen molar-refractivity contribution in [3.8, 4) is 0 Å². The van der Waals surface area contributed by atoms with Gasteiger partial charge in [-0.2, -0.15) is 0 Å². The van der Waals surface area contributed by atoms with Crippen molar-refractivity contribution in [1.82, 2.24) is 5.32 Å². The number of aliphatic hydroxyl groups excluding tert-OH is 1. The van der Waals surface area contributed by atoms with Crippen LogP contribution in [-0.4, -0.2) is 34.2 Å². The zero-order valence-corrected chi connectivity index (χ0v) is 14.6. The van der Waals surface area contributed by atoms with E-state index in [1.165, 1.54) is 18.6 Å². The van der Waals surface area contributed by atoms with Crippen molar-refractivity contribution in [2.75, 3.05) is 0 Å². The SMILES string of the molecule is C[C@@H](O)[C@H](NC(=O)/C=C/C=C/CCCCCc1ccccc1)C(=O)O. The van der Waals surface area contributed by atoms with E-state index >= 15 is 0 Å². The Kier molecular flexibility index (Phi) is 9.94. The highest BCUT2D eigenvalue weighted by molar-refractivity contribution is 5.91. The third-order valence-corrected chi connectivity index (χ3v) is 3.72. The summed E-state index contributed by atoms with van der Waals surface area (Å²) < 4.78 is 0. The van der Waals surface area contributed by atoms with Crippen LogP contribution in [0.25, 0.3) is 0 Å². The fourth-order valence-corrected chi connectivity index (χ4v) is 2.32. The predicted octanol–water partition coefficient (Wildman–Crippen LogP) is 2.85. The van der Waals surface area contributed by atoms with E-state index in [1.54, 1.807) is 12.2 Å². The lowest BCUT2D eigenvalue weighted by atomic mass is 10.1. The van der Waals surface area contributed by atoms with Gasteiger partial charge in [-0.25, -0.2) is 4.79 Å². The molecule has 0 saturated carbocycles. The first-order chi connectivity index (χ1) is 12.0. The van der Waals surface area contributed by atoms with Crippen LogP contribution in [0.2, 0.25) is 0 Å². The van der Waals surface area contributed by atoms with E-state index in [0.29, 0.717) is 0 Å². The number of aliphatic hydroxyl groups is 1. The van der Waals surface area contributed by atoms with Gasteiger partial charge in [-0.15, -0.1) is 0 Å². The van der Waals surface area contributed by atoms with Gasteiger partial charge in [-0.3, -0.25) is 4.79 Å². The van der Waals surface area contributed by atoms with Crippen LogP contribution in [0.3, 0.4) is 0 Å². The molecule has 136 valence electrons. The quantitative estimate of drug-likeness (QED) is 0.327. The molecule has 0 fully saturated rings. The van der Waals surface area contributed by atoms with Crippen LogP contribution in [0.15, 0.2) is 54.6 Å². The van der Waals surface area contributed by atoms with Gasteiger partial charge in [0.1, 0.15) is 0 Å². The number of carbonyl (C=O) groups is 2. The number of benzene rings is 1. The number of carboxylic acids is 1. The largest absolute Gasteiger partial charge is 0.480 e. The molecule has 0 saturated heterocycles. The molecule has 0 aliphatic rings. The standard InChI is InChI=1S/C20H27NO4/c1-16(22)19(20(24)25)21-18(23)15-11-6-4-2-3-5-8-12-17-13-9-7-10-14-17/h4,6-7,9-11,13-16,19,22H,2-3,5,8,12H2,1H3,(H,21,23)(H,24,25)/b6-4+,15-11+/t16-,19+/m1/s1. The average molecular weight is 345 g/mol. The van der Waals surface area contributed by atoms with Crippen molar-refractivity contribution in [1.29, 1.82) is 0 Å². The van der Waals surface area contributed by atoms with Crippen LogP contribution in [0.5, 0.6) is 0 Å². The zero-order chi connectivity index (χ0) is 18.5. The van der Waals surface area contributed by atoms with Gasteiger partial charge in [-0.05, 0) is 38.2 Å². The molecule has 0 unspecified atom stereocenters. The Morgan fingerprint density at radius 2 is 1.84 bits per heavy atom. The minimum Gasteiger partial charge on any atom is -0.480 e. The molecule has 0 bridgehead atoms. The number of amides is 1. The maximum absolute atomic E-state index is 11.6. The smallest absolute Gasteiger partial charge is 0.328 e. The molecule has 0 radical (unpaired) electrons. The molecular weight excluding hydrogens is 318 g/mol. The third kappa shape index (κ3) is 9.47. The highest BCUT2D eigenvalue weighted by Gasteiger charge is 2.23. The zero-order valence-electron chi connectivity index (χ0n) is 14.6. The Balaban J connectivity index is 2.14. The van der Waals surface area contributed by atoms with Gasteiger partial charge in [0.05, 0.1) is 6.10 Å². The molecule has 1 aromatic carbocycles. The highest BCUT2D eigenvalue weighted by atomic mass is 16.4. The maximum atomic E-state index is 11.6. The lowest BCUT2D eigenvalue weighted by Crippen LogP contribution is -2.47. The predicted molar refractivity (Wildman–Crippen MR) is 98.1 cm³/mol. The third-order valence-electron chi connectivity index (χ3n) is 3.72. The number of carbonyl (C=O) groups excluding carboxylic acids is 1. The van der Waals surface area contributed by atoms with E-state index < -0.39 is 24.0 Å². The number of rotatable bonds is 11. The van der Waals surface area contributed by atoms with Crippen molar-refractivity contribution in [2.45, 2.75) is 51.2 Å². The summed E-state index contributed by atoms with van der Waals surface area (Å²) in [6, 6.07) is 9.12. The summed E-state index contributed by atoms with van der Waals surface area (Å²) in [6.45, 7) is 1.32. The summed E-state index contributed by atoms with van der Waals surface area (Å²) in [5, 5.41) is 20.4. The summed E-state index contributed by atoms with van der Waals surface area (Å²) in [5.41, 5.74) is 1.36. The molecule has 1 rings (SSSR count). The minimum atomic E-state index is -1.30. The van der Waals surface area contributed by atoms with Crippen molar-refractivity contribution >= 4 is 11.9 Å². The molecule has 0 aromatic heterocycles. The average Bonchev–Trinajstić information content (AvgIpc) is 2.58. The van der Waals surface area contributed by atoms with Gasteiger partial charge in [0.2, 0.25) is 5.91 Å². The van der Waals surface area contributed by atoms with Crippen LogP contribution < -0.4 is 5.32 Å². The van der Waals surface area contributed by atoms with Gasteiger partial charge < -0.3 is 15.5 Å². The molecule has 2 atom stereocenters. The number of carboxylic acid groups (broad SMARTS) is 1. The normalized spacial score (nSPS) is 13.8. The van der Waals surface area contributed by atoms with Crippen LogP contribution in [0.1, 0.15) is 38.2 Å². The first-order valence-electron chi connectivity index (χ1n) is 8.59. The molecule has 0 aliphatic carbocycles. The Hall–Kier alpha value is -2.40. The molecule has 5 nitrogen and oxygen atoms in total. The number of hydrogen-bond donors (Lipinski definition) is 3. The summed E-state index contributed by atoms with van der Waals surface area (Å²) >= 11 is 0. The van der Waals surface area contributed by atoms with Crippen LogP contribution in [0.4, 0.5) is 0 Å². The molecule has 1 aromatic rings. The Morgan fingerprint density at radius 1 is 1.12 bits per heavy atom. The van der Waals surface area contributed by atoms with Gasteiger partial charge in [0.25, 0.3) is 0 Å². The van der Waals surface area contributed by atoms with Crippen LogP contribution >= 0.6 is 0 Å². The van der Waals surface area contributed by atoms with E-state index in [2.05, 4.69) is 29.6 Å². The van der Waals surface area contributed by atoms with Crippen molar-refractivity contribution in [3.63, 3.8) is 0 Å². The van der Waals surface area contributed by atoms with Gasteiger partial charge >= 0.3 is 5.97 Å². The Bertz CT molecular complexity index is 579. The number of aryl methyl sites for hydroxylation is 1. The minimum absolute atomic E-state index is 0.541. The molecule has 5 heteroatoms. The summed E-state index contributed by atoms with van der Waals surface area (Å²) in [6.07, 6.45) is 10.9. The summed E-state index contributed by atoms with van der Waals surface area (Å²) in [4.78, 5) is 22.4. The number of nitrogens with one attached hydrogen (secondary N) is 1. The molecule has 3 N–H and O–H groups in total. The Morgan fingerprint density at radius 3 is 2.48 bits per heavy atom. The number of unbranched alkanes of at least 4 members (excludes halogenated alkanes) is 3. The van der Waals surface area contributed by atoms with E-state index in [-0.39, 0.29) is 0 Å². The number of hydrogen-bond acceptors (Lipinski definition) is 3. The van der Waals surface area contributed by atoms with Gasteiger partial charge in [0.15, 0.2) is 6.04 Å². The van der Waals surface area contributed by atoms with Gasteiger partial charge in [0, 0.05) is 6.08 Å². The monoisotopic (exact) mass is 345 g/mol. The number of aliphatic carboxylic acids is 1. The van der Waals surface area contributed by atoms with E-state index in [4.69, 9.17) is 5.11 Å². The van der Waals surface area contributed by atoms with Crippen LogP contribution in [-0.2, 0) is 16.0 Å². The van der Waals surface area contributed by atoms with E-state index in [9.17, 15) is 14.7 Å². The number of allylic oxidation sites excluding steroid dienone is 3. The highest BCUT2D eigenvalue weighted by Crippen LogP contribution is 2.07. The first-order valence-corrected chi connectivity index (χ1v) is 8.59. The van der Waals surface area contributed by atoms with Gasteiger partial charge in [-0.1, -0.05) is 55.0 Å². The van der Waals surface area contributed by atoms with Crippen molar-refractivity contribution in [3.05, 3.63) is 60.2 Å². The molecular formula is C20H27NO4. The first kappa shape index (κ1) is 20.6. The lowest BCUT2D eigenvalue weighted by Gasteiger charge is -2.15. The maximum Gasteiger partial charge on any atom is 0.328 e. The topological polar surface area (TPSA) is 86.6 Å². The molecule has 0 spiro atoms. The second-order valence-corrected chi connectivity index (χ2v) is 5.94. The fraction of sp³-hybridized carbons (Fsp3) is 0.400. The van der Waals surface area contributed by atoms with E-state index in [0.717, 1.165) is 32.1 Å². The van der Waals surface area contributed by atoms with E-state index in [1.807, 2.05) is 12.1 Å².